The molecule has 0 spiro atoms. The number of pyridine rings is 1. The summed E-state index contributed by atoms with van der Waals surface area (Å²) in [5.41, 5.74) is 1.57. The van der Waals surface area contributed by atoms with E-state index < -0.39 is 24.0 Å². The first-order chi connectivity index (χ1) is 9.81. The summed E-state index contributed by atoms with van der Waals surface area (Å²) >= 11 is 0. The lowest BCUT2D eigenvalue weighted by Crippen LogP contribution is -2.47. The number of aromatic nitrogens is 3. The smallest absolute Gasteiger partial charge is 0.328 e. The first-order valence-corrected chi connectivity index (χ1v) is 6.32. The van der Waals surface area contributed by atoms with Crippen LogP contribution in [0, 0.1) is 6.92 Å². The Balaban J connectivity index is 2.31. The molecule has 2 rings (SSSR count). The maximum atomic E-state index is 12.1. The Bertz CT molecular complexity index is 708. The third kappa shape index (κ3) is 2.84. The minimum Gasteiger partial charge on any atom is -0.480 e. The molecular formula is C13H16N4O4. The van der Waals surface area contributed by atoms with Crippen molar-refractivity contribution < 1.29 is 19.8 Å². The molecule has 0 fully saturated rings. The molecule has 8 nitrogen and oxygen atoms in total. The van der Waals surface area contributed by atoms with Crippen LogP contribution >= 0.6 is 0 Å². The average Bonchev–Trinajstić information content (AvgIpc) is 2.70. The van der Waals surface area contributed by atoms with Crippen LogP contribution in [0.15, 0.2) is 12.3 Å². The van der Waals surface area contributed by atoms with Gasteiger partial charge in [0.25, 0.3) is 5.91 Å². The number of fused-ring (bicyclic) bond motifs is 1. The van der Waals surface area contributed by atoms with E-state index in [0.717, 1.165) is 5.69 Å². The summed E-state index contributed by atoms with van der Waals surface area (Å²) < 4.78 is 1.60. The molecule has 3 N–H and O–H groups in total. The van der Waals surface area contributed by atoms with Gasteiger partial charge in [-0.05, 0) is 19.9 Å². The Morgan fingerprint density at radius 2 is 2.10 bits per heavy atom. The summed E-state index contributed by atoms with van der Waals surface area (Å²) in [5, 5.41) is 25.5. The number of aliphatic hydroxyl groups excluding tert-OH is 1. The molecule has 2 aromatic heterocycles. The van der Waals surface area contributed by atoms with Gasteiger partial charge in [0.2, 0.25) is 0 Å². The predicted octanol–water partition coefficient (Wildman–Crippen LogP) is -0.159. The molecule has 112 valence electrons. The van der Waals surface area contributed by atoms with Crippen LogP contribution in [-0.2, 0) is 11.8 Å². The zero-order chi connectivity index (χ0) is 15.7. The van der Waals surface area contributed by atoms with Crippen molar-refractivity contribution in [1.29, 1.82) is 0 Å². The number of carboxylic acids is 1. The Kier molecular flexibility index (Phi) is 3.90. The van der Waals surface area contributed by atoms with Gasteiger partial charge in [-0.25, -0.2) is 9.78 Å². The lowest BCUT2D eigenvalue weighted by Gasteiger charge is -2.16. The average molecular weight is 292 g/mol. The fourth-order valence-corrected chi connectivity index (χ4v) is 2.05. The van der Waals surface area contributed by atoms with Crippen molar-refractivity contribution >= 4 is 22.9 Å². The second-order valence-electron chi connectivity index (χ2n) is 4.83. The third-order valence-electron chi connectivity index (χ3n) is 3.16. The summed E-state index contributed by atoms with van der Waals surface area (Å²) in [5.74, 6) is -1.91. The van der Waals surface area contributed by atoms with Crippen molar-refractivity contribution in [3.05, 3.63) is 23.5 Å². The zero-order valence-corrected chi connectivity index (χ0v) is 11.9. The molecule has 0 unspecified atom stereocenters. The van der Waals surface area contributed by atoms with Crippen molar-refractivity contribution in [2.45, 2.75) is 26.0 Å². The van der Waals surface area contributed by atoms with Crippen molar-refractivity contribution in [1.82, 2.24) is 20.1 Å². The fraction of sp³-hybridized carbons (Fsp3) is 0.385. The lowest BCUT2D eigenvalue weighted by molar-refractivity contribution is -0.141. The molecule has 2 heterocycles. The van der Waals surface area contributed by atoms with Gasteiger partial charge in [-0.15, -0.1) is 0 Å². The maximum Gasteiger partial charge on any atom is 0.328 e. The molecule has 0 aliphatic carbocycles. The molecule has 0 radical (unpaired) electrons. The van der Waals surface area contributed by atoms with E-state index >= 15 is 0 Å². The number of aliphatic carboxylic acids is 1. The number of carbonyl (C=O) groups excluding carboxylic acids is 1. The van der Waals surface area contributed by atoms with Gasteiger partial charge in [0.1, 0.15) is 0 Å². The topological polar surface area (TPSA) is 117 Å². The highest BCUT2D eigenvalue weighted by atomic mass is 16.4. The second kappa shape index (κ2) is 5.49. The highest BCUT2D eigenvalue weighted by molar-refractivity contribution is 5.99. The lowest BCUT2D eigenvalue weighted by atomic mass is 10.1. The van der Waals surface area contributed by atoms with Crippen LogP contribution in [0.2, 0.25) is 0 Å². The molecule has 1 amide bonds. The first kappa shape index (κ1) is 14.9. The van der Waals surface area contributed by atoms with Gasteiger partial charge < -0.3 is 15.5 Å². The van der Waals surface area contributed by atoms with E-state index in [9.17, 15) is 14.7 Å². The second-order valence-corrected chi connectivity index (χ2v) is 4.83. The molecule has 0 saturated carbocycles. The number of rotatable bonds is 4. The quantitative estimate of drug-likeness (QED) is 0.721. The molecule has 0 saturated heterocycles. The number of hydrogen-bond acceptors (Lipinski definition) is 5. The number of carbonyl (C=O) groups is 2. The van der Waals surface area contributed by atoms with Crippen LogP contribution in [0.1, 0.15) is 23.0 Å². The van der Waals surface area contributed by atoms with Crippen LogP contribution in [0.3, 0.4) is 0 Å². The van der Waals surface area contributed by atoms with Gasteiger partial charge in [0, 0.05) is 18.6 Å². The van der Waals surface area contributed by atoms with E-state index in [-0.39, 0.29) is 5.56 Å². The monoisotopic (exact) mass is 292 g/mol. The molecule has 0 aliphatic heterocycles. The molecule has 0 aliphatic rings. The Labute approximate surface area is 120 Å². The molecular weight excluding hydrogens is 276 g/mol. The number of carboxylic acid groups (broad SMARTS) is 1. The van der Waals surface area contributed by atoms with Crippen LogP contribution in [0.4, 0.5) is 0 Å². The molecule has 0 aromatic carbocycles. The molecule has 2 aromatic rings. The normalized spacial score (nSPS) is 13.9. The zero-order valence-electron chi connectivity index (χ0n) is 11.9. The molecule has 0 bridgehead atoms. The summed E-state index contributed by atoms with van der Waals surface area (Å²) in [7, 11) is 1.75. The van der Waals surface area contributed by atoms with Crippen LogP contribution in [0.5, 0.6) is 0 Å². The number of aliphatic hydroxyl groups is 1. The van der Waals surface area contributed by atoms with E-state index in [1.54, 1.807) is 24.7 Å². The number of nitrogens with zero attached hydrogens (tertiary/aromatic N) is 3. The van der Waals surface area contributed by atoms with Crippen molar-refractivity contribution in [2.75, 3.05) is 0 Å². The fourth-order valence-electron chi connectivity index (χ4n) is 2.05. The molecule has 8 heteroatoms. The van der Waals surface area contributed by atoms with E-state index in [0.29, 0.717) is 11.0 Å². The number of nitrogens with one attached hydrogen (secondary N) is 1. The molecule has 2 atom stereocenters. The van der Waals surface area contributed by atoms with Gasteiger partial charge in [-0.3, -0.25) is 9.48 Å². The Morgan fingerprint density at radius 3 is 2.67 bits per heavy atom. The Hall–Kier alpha value is -2.48. The summed E-state index contributed by atoms with van der Waals surface area (Å²) in [6, 6.07) is 0.226. The van der Waals surface area contributed by atoms with Gasteiger partial charge in [-0.2, -0.15) is 5.10 Å². The number of aryl methyl sites for hydroxylation is 2. The van der Waals surface area contributed by atoms with Crippen molar-refractivity contribution in [2.24, 2.45) is 7.05 Å². The highest BCUT2D eigenvalue weighted by Gasteiger charge is 2.25. The van der Waals surface area contributed by atoms with Crippen LogP contribution < -0.4 is 5.32 Å². The number of amides is 1. The number of hydrogen-bond donors (Lipinski definition) is 3. The van der Waals surface area contributed by atoms with Gasteiger partial charge in [0.15, 0.2) is 11.7 Å². The first-order valence-electron chi connectivity index (χ1n) is 6.32. The predicted molar refractivity (Wildman–Crippen MR) is 73.8 cm³/mol. The van der Waals surface area contributed by atoms with Gasteiger partial charge >= 0.3 is 5.97 Å². The van der Waals surface area contributed by atoms with Crippen LogP contribution in [-0.4, -0.2) is 49.0 Å². The van der Waals surface area contributed by atoms with Crippen molar-refractivity contribution in [3.8, 4) is 0 Å². The van der Waals surface area contributed by atoms with Gasteiger partial charge in [-0.1, -0.05) is 0 Å². The standard InChI is InChI=1S/C13H16N4O4/c1-6-9-4-8(5-14-11(9)17(3)16-6)12(19)15-10(7(2)18)13(20)21/h4-5,7,10,18H,1-3H3,(H,15,19)(H,20,21)/t7-,10+/m1/s1. The highest BCUT2D eigenvalue weighted by Crippen LogP contribution is 2.16. The third-order valence-corrected chi connectivity index (χ3v) is 3.16. The SMILES string of the molecule is Cc1nn(C)c2ncc(C(=O)N[C@H](C(=O)O)[C@@H](C)O)cc12. The van der Waals surface area contributed by atoms with E-state index in [2.05, 4.69) is 15.4 Å². The van der Waals surface area contributed by atoms with Gasteiger partial charge in [0.05, 0.1) is 17.4 Å². The van der Waals surface area contributed by atoms with E-state index in [1.807, 2.05) is 0 Å². The summed E-state index contributed by atoms with van der Waals surface area (Å²) in [4.78, 5) is 27.2. The minimum atomic E-state index is -1.37. The van der Waals surface area contributed by atoms with E-state index in [1.165, 1.54) is 13.1 Å². The molecule has 21 heavy (non-hydrogen) atoms. The minimum absolute atomic E-state index is 0.213. The van der Waals surface area contributed by atoms with Crippen molar-refractivity contribution in [3.63, 3.8) is 0 Å². The van der Waals surface area contributed by atoms with E-state index in [4.69, 9.17) is 5.11 Å². The summed E-state index contributed by atoms with van der Waals surface area (Å²) in [6.07, 6.45) is 0.142. The Morgan fingerprint density at radius 1 is 1.43 bits per heavy atom. The van der Waals surface area contributed by atoms with Crippen LogP contribution in [0.25, 0.3) is 11.0 Å². The summed E-state index contributed by atoms with van der Waals surface area (Å²) in [6.45, 7) is 3.09. The maximum absolute atomic E-state index is 12.1. The largest absolute Gasteiger partial charge is 0.480 e.